The molecule has 2 aliphatic heterocycles. The summed E-state index contributed by atoms with van der Waals surface area (Å²) in [6.45, 7) is 2.85. The van der Waals surface area contributed by atoms with Crippen LogP contribution in [-0.4, -0.2) is 74.7 Å². The molecule has 0 aromatic carbocycles. The summed E-state index contributed by atoms with van der Waals surface area (Å²) in [7, 11) is -1.56. The number of carbonyl (C=O) groups excluding carboxylic acids is 1. The Kier molecular flexibility index (Phi) is 5.13. The van der Waals surface area contributed by atoms with E-state index in [0.717, 1.165) is 12.8 Å². The van der Waals surface area contributed by atoms with E-state index in [4.69, 9.17) is 4.74 Å². The van der Waals surface area contributed by atoms with Gasteiger partial charge in [0.2, 0.25) is 10.0 Å². The molecule has 1 spiro atoms. The summed E-state index contributed by atoms with van der Waals surface area (Å²) >= 11 is 0. The minimum Gasteiger partial charge on any atom is -0.384 e. The van der Waals surface area contributed by atoms with E-state index in [9.17, 15) is 13.2 Å². The van der Waals surface area contributed by atoms with Gasteiger partial charge < -0.3 is 9.64 Å². The predicted octanol–water partition coefficient (Wildman–Crippen LogP) is 0.842. The maximum Gasteiger partial charge on any atom is 0.253 e. The molecule has 0 aliphatic carbocycles. The van der Waals surface area contributed by atoms with E-state index in [-0.39, 0.29) is 17.2 Å². The van der Waals surface area contributed by atoms with Crippen molar-refractivity contribution in [1.29, 1.82) is 0 Å². The van der Waals surface area contributed by atoms with Crippen molar-refractivity contribution in [3.63, 3.8) is 0 Å². The summed E-state index contributed by atoms with van der Waals surface area (Å²) in [6, 6.07) is 3.45. The highest BCUT2D eigenvalue weighted by Crippen LogP contribution is 2.45. The topological polar surface area (TPSA) is 79.8 Å². The molecule has 1 aromatic heterocycles. The van der Waals surface area contributed by atoms with Crippen molar-refractivity contribution in [3.05, 3.63) is 30.1 Å². The second-order valence-electron chi connectivity index (χ2n) is 7.10. The maximum absolute atomic E-state index is 12.6. The lowest BCUT2D eigenvalue weighted by atomic mass is 9.71. The van der Waals surface area contributed by atoms with Crippen LogP contribution in [0.3, 0.4) is 0 Å². The number of pyridine rings is 1. The van der Waals surface area contributed by atoms with E-state index < -0.39 is 10.0 Å². The molecule has 7 nitrogen and oxygen atoms in total. The predicted molar refractivity (Wildman–Crippen MR) is 93.6 cm³/mol. The van der Waals surface area contributed by atoms with Gasteiger partial charge in [-0.3, -0.25) is 9.78 Å². The Morgan fingerprint density at radius 3 is 2.52 bits per heavy atom. The van der Waals surface area contributed by atoms with Crippen LogP contribution in [0.4, 0.5) is 0 Å². The van der Waals surface area contributed by atoms with Gasteiger partial charge in [-0.1, -0.05) is 0 Å². The number of methoxy groups -OCH3 is 1. The zero-order valence-corrected chi connectivity index (χ0v) is 15.5. The summed E-state index contributed by atoms with van der Waals surface area (Å²) < 4.78 is 30.9. The molecule has 0 N–H and O–H groups in total. The van der Waals surface area contributed by atoms with Crippen LogP contribution in [0.2, 0.25) is 0 Å². The van der Waals surface area contributed by atoms with Gasteiger partial charge in [0.15, 0.2) is 0 Å². The first-order chi connectivity index (χ1) is 11.9. The Hall–Kier alpha value is -1.51. The SMILES string of the molecule is COCC1CN(S(C)(=O)=O)CC12CCN(C(=O)c1ccncc1)CC2. The van der Waals surface area contributed by atoms with E-state index in [0.29, 0.717) is 38.3 Å². The van der Waals surface area contributed by atoms with Crippen LogP contribution in [0.15, 0.2) is 24.5 Å². The van der Waals surface area contributed by atoms with Crippen molar-refractivity contribution in [3.8, 4) is 0 Å². The van der Waals surface area contributed by atoms with Crippen LogP contribution in [0.1, 0.15) is 23.2 Å². The van der Waals surface area contributed by atoms with Crippen molar-refractivity contribution in [2.45, 2.75) is 12.8 Å². The van der Waals surface area contributed by atoms with Gasteiger partial charge in [-0.05, 0) is 30.4 Å². The van der Waals surface area contributed by atoms with Gasteiger partial charge in [-0.25, -0.2) is 12.7 Å². The van der Waals surface area contributed by atoms with E-state index in [2.05, 4.69) is 4.98 Å². The summed E-state index contributed by atoms with van der Waals surface area (Å²) in [5.74, 6) is 0.184. The van der Waals surface area contributed by atoms with Crippen molar-refractivity contribution in [2.24, 2.45) is 11.3 Å². The van der Waals surface area contributed by atoms with Crippen molar-refractivity contribution in [2.75, 3.05) is 46.2 Å². The zero-order chi connectivity index (χ0) is 18.1. The number of carbonyl (C=O) groups is 1. The third-order valence-corrected chi connectivity index (χ3v) is 6.81. The second-order valence-corrected chi connectivity index (χ2v) is 9.08. The van der Waals surface area contributed by atoms with Crippen LogP contribution in [-0.2, 0) is 14.8 Å². The average Bonchev–Trinajstić information content (AvgIpc) is 2.95. The number of amides is 1. The third kappa shape index (κ3) is 3.70. The normalized spacial score (nSPS) is 23.9. The lowest BCUT2D eigenvalue weighted by Gasteiger charge is -2.42. The molecular formula is C17H25N3O4S. The number of nitrogens with zero attached hydrogens (tertiary/aromatic N) is 3. The number of hydrogen-bond donors (Lipinski definition) is 0. The Morgan fingerprint density at radius 2 is 1.96 bits per heavy atom. The molecule has 0 bridgehead atoms. The summed E-state index contributed by atoms with van der Waals surface area (Å²) in [4.78, 5) is 18.4. The van der Waals surface area contributed by atoms with Gasteiger partial charge in [0.05, 0.1) is 12.9 Å². The zero-order valence-electron chi connectivity index (χ0n) is 14.7. The highest BCUT2D eigenvalue weighted by atomic mass is 32.2. The first kappa shape index (κ1) is 18.3. The fourth-order valence-corrected chi connectivity index (χ4v) is 5.01. The Balaban J connectivity index is 1.71. The van der Waals surface area contributed by atoms with Crippen LogP contribution in [0.5, 0.6) is 0 Å². The summed E-state index contributed by atoms with van der Waals surface area (Å²) in [6.07, 6.45) is 6.09. The first-order valence-electron chi connectivity index (χ1n) is 8.49. The first-order valence-corrected chi connectivity index (χ1v) is 10.3. The molecule has 0 radical (unpaired) electrons. The fourth-order valence-electron chi connectivity index (χ4n) is 4.07. The molecule has 1 aromatic rings. The Morgan fingerprint density at radius 1 is 1.32 bits per heavy atom. The minimum atomic E-state index is -3.21. The van der Waals surface area contributed by atoms with Gasteiger partial charge in [-0.2, -0.15) is 0 Å². The molecule has 0 saturated carbocycles. The summed E-state index contributed by atoms with van der Waals surface area (Å²) in [5.41, 5.74) is 0.539. The molecule has 25 heavy (non-hydrogen) atoms. The van der Waals surface area contributed by atoms with Crippen LogP contribution in [0, 0.1) is 11.3 Å². The monoisotopic (exact) mass is 367 g/mol. The average molecular weight is 367 g/mol. The maximum atomic E-state index is 12.6. The second kappa shape index (κ2) is 7.01. The van der Waals surface area contributed by atoms with Gasteiger partial charge in [0.25, 0.3) is 5.91 Å². The van der Waals surface area contributed by atoms with E-state index in [1.165, 1.54) is 6.26 Å². The third-order valence-electron chi connectivity index (χ3n) is 5.59. The smallest absolute Gasteiger partial charge is 0.253 e. The van der Waals surface area contributed by atoms with Gasteiger partial charge >= 0.3 is 0 Å². The molecule has 2 fully saturated rings. The minimum absolute atomic E-state index is 0.0125. The number of piperidine rings is 1. The molecular weight excluding hydrogens is 342 g/mol. The number of likely N-dealkylation sites (tertiary alicyclic amines) is 1. The molecule has 3 heterocycles. The van der Waals surface area contributed by atoms with Gasteiger partial charge in [0.1, 0.15) is 0 Å². The highest BCUT2D eigenvalue weighted by molar-refractivity contribution is 7.88. The quantitative estimate of drug-likeness (QED) is 0.788. The van der Waals surface area contributed by atoms with E-state index in [1.54, 1.807) is 35.9 Å². The van der Waals surface area contributed by atoms with Crippen molar-refractivity contribution in [1.82, 2.24) is 14.2 Å². The van der Waals surface area contributed by atoms with Crippen LogP contribution < -0.4 is 0 Å². The molecule has 8 heteroatoms. The van der Waals surface area contributed by atoms with E-state index >= 15 is 0 Å². The van der Waals surface area contributed by atoms with Gasteiger partial charge in [-0.15, -0.1) is 0 Å². The molecule has 1 amide bonds. The van der Waals surface area contributed by atoms with Crippen molar-refractivity contribution < 1.29 is 17.9 Å². The fraction of sp³-hybridized carbons (Fsp3) is 0.647. The van der Waals surface area contributed by atoms with Gasteiger partial charge in [0, 0.05) is 57.2 Å². The number of sulfonamides is 1. The Labute approximate surface area is 149 Å². The Bertz CT molecular complexity index is 715. The largest absolute Gasteiger partial charge is 0.384 e. The molecule has 1 atom stereocenters. The number of aromatic nitrogens is 1. The molecule has 3 rings (SSSR count). The summed E-state index contributed by atoms with van der Waals surface area (Å²) in [5, 5.41) is 0. The van der Waals surface area contributed by atoms with Crippen molar-refractivity contribution >= 4 is 15.9 Å². The molecule has 1 unspecified atom stereocenters. The number of ether oxygens (including phenoxy) is 1. The van der Waals surface area contributed by atoms with Crippen LogP contribution in [0.25, 0.3) is 0 Å². The molecule has 138 valence electrons. The molecule has 2 aliphatic rings. The standard InChI is InChI=1S/C17H25N3O4S/c1-24-12-15-11-20(25(2,22)23)13-17(15)5-9-19(10-6-17)16(21)14-3-7-18-8-4-14/h3-4,7-8,15H,5-6,9-13H2,1-2H3. The molecule has 2 saturated heterocycles. The lowest BCUT2D eigenvalue weighted by Crippen LogP contribution is -2.47. The number of hydrogen-bond acceptors (Lipinski definition) is 5. The lowest BCUT2D eigenvalue weighted by molar-refractivity contribution is 0.0327. The highest BCUT2D eigenvalue weighted by Gasteiger charge is 2.50. The van der Waals surface area contributed by atoms with Crippen LogP contribution >= 0.6 is 0 Å². The van der Waals surface area contributed by atoms with E-state index in [1.807, 2.05) is 4.90 Å². The number of rotatable bonds is 4.